The summed E-state index contributed by atoms with van der Waals surface area (Å²) < 4.78 is 5.59. The van der Waals surface area contributed by atoms with Gasteiger partial charge in [-0.05, 0) is 38.1 Å². The lowest BCUT2D eigenvalue weighted by molar-refractivity contribution is -0.144. The summed E-state index contributed by atoms with van der Waals surface area (Å²) in [6, 6.07) is 9.32. The number of amides is 2. The van der Waals surface area contributed by atoms with Crippen LogP contribution in [0.4, 0.5) is 5.69 Å². The number of morpholine rings is 1. The number of hydrogen-bond donors (Lipinski definition) is 1. The number of likely N-dealkylation sites (tertiary alicyclic amines) is 1. The highest BCUT2D eigenvalue weighted by Gasteiger charge is 2.29. The molecule has 2 aliphatic rings. The van der Waals surface area contributed by atoms with Crippen LogP contribution in [0.5, 0.6) is 0 Å². The van der Waals surface area contributed by atoms with Gasteiger partial charge in [0.05, 0.1) is 13.2 Å². The van der Waals surface area contributed by atoms with Crippen molar-refractivity contribution < 1.29 is 14.3 Å². The maximum absolute atomic E-state index is 12.6. The molecule has 1 unspecified atom stereocenters. The van der Waals surface area contributed by atoms with Gasteiger partial charge in [-0.3, -0.25) is 9.59 Å². The van der Waals surface area contributed by atoms with Crippen molar-refractivity contribution in [1.82, 2.24) is 9.80 Å². The largest absolute Gasteiger partial charge is 0.365 e. The molecule has 3 rings (SSSR count). The highest BCUT2D eigenvalue weighted by molar-refractivity contribution is 5.94. The Kier molecular flexibility index (Phi) is 7.03. The summed E-state index contributed by atoms with van der Waals surface area (Å²) in [5.74, 6) is -0.0729. The van der Waals surface area contributed by atoms with Crippen LogP contribution in [0.2, 0.25) is 0 Å². The molecule has 1 aromatic carbocycles. The molecule has 6 heteroatoms. The van der Waals surface area contributed by atoms with Gasteiger partial charge in [0.2, 0.25) is 5.91 Å². The molecule has 1 atom stereocenters. The summed E-state index contributed by atoms with van der Waals surface area (Å²) in [5, 5.41) is 2.85. The molecule has 2 heterocycles. The summed E-state index contributed by atoms with van der Waals surface area (Å²) in [6.07, 6.45) is 4.97. The second kappa shape index (κ2) is 9.69. The molecule has 0 aromatic heterocycles. The molecule has 2 fully saturated rings. The fourth-order valence-corrected chi connectivity index (χ4v) is 3.55. The number of benzene rings is 1. The van der Waals surface area contributed by atoms with Crippen molar-refractivity contribution in [2.75, 3.05) is 44.6 Å². The summed E-state index contributed by atoms with van der Waals surface area (Å²) in [6.45, 7) is 4.31. The third-order valence-electron chi connectivity index (χ3n) is 5.09. The SMILES string of the molecule is O=C(Nc1ccccc1)C1CN(C(=O)CCN2CCCCCC2)CCO1. The molecule has 2 amide bonds. The monoisotopic (exact) mass is 359 g/mol. The summed E-state index contributed by atoms with van der Waals surface area (Å²) in [7, 11) is 0. The van der Waals surface area contributed by atoms with Crippen LogP contribution in [-0.4, -0.2) is 67.0 Å². The van der Waals surface area contributed by atoms with E-state index in [0.29, 0.717) is 26.1 Å². The molecule has 2 saturated heterocycles. The van der Waals surface area contributed by atoms with E-state index in [1.807, 2.05) is 30.3 Å². The van der Waals surface area contributed by atoms with Gasteiger partial charge in [0.25, 0.3) is 5.91 Å². The predicted octanol–water partition coefficient (Wildman–Crippen LogP) is 2.12. The number of anilines is 1. The van der Waals surface area contributed by atoms with Crippen LogP contribution in [0.3, 0.4) is 0 Å². The Balaban J connectivity index is 1.46. The van der Waals surface area contributed by atoms with E-state index in [1.165, 1.54) is 25.7 Å². The maximum Gasteiger partial charge on any atom is 0.255 e. The van der Waals surface area contributed by atoms with Gasteiger partial charge in [-0.2, -0.15) is 0 Å². The average Bonchev–Trinajstić information content (AvgIpc) is 2.96. The Bertz CT molecular complexity index is 585. The maximum atomic E-state index is 12.6. The third kappa shape index (κ3) is 5.54. The average molecular weight is 359 g/mol. The Morgan fingerprint density at radius 1 is 1.04 bits per heavy atom. The summed E-state index contributed by atoms with van der Waals surface area (Å²) >= 11 is 0. The number of nitrogens with one attached hydrogen (secondary N) is 1. The van der Waals surface area contributed by atoms with Crippen molar-refractivity contribution in [2.45, 2.75) is 38.2 Å². The van der Waals surface area contributed by atoms with Crippen LogP contribution in [0.15, 0.2) is 30.3 Å². The van der Waals surface area contributed by atoms with Gasteiger partial charge < -0.3 is 19.9 Å². The van der Waals surface area contributed by atoms with Crippen LogP contribution in [0, 0.1) is 0 Å². The van der Waals surface area contributed by atoms with E-state index in [-0.39, 0.29) is 11.8 Å². The van der Waals surface area contributed by atoms with E-state index in [1.54, 1.807) is 4.90 Å². The number of para-hydroxylation sites is 1. The van der Waals surface area contributed by atoms with Crippen molar-refractivity contribution in [2.24, 2.45) is 0 Å². The second-order valence-corrected chi connectivity index (χ2v) is 7.06. The standard InChI is InChI=1S/C20H29N3O3/c24-19(10-13-22-11-6-1-2-7-12-22)23-14-15-26-18(16-23)20(25)21-17-8-4-3-5-9-17/h3-5,8-9,18H,1-2,6-7,10-16H2,(H,21,25). The Labute approximate surface area is 155 Å². The minimum atomic E-state index is -0.605. The molecule has 0 saturated carbocycles. The smallest absolute Gasteiger partial charge is 0.255 e. The van der Waals surface area contributed by atoms with Crippen LogP contribution >= 0.6 is 0 Å². The minimum Gasteiger partial charge on any atom is -0.365 e. The molecular weight excluding hydrogens is 330 g/mol. The van der Waals surface area contributed by atoms with Crippen molar-refractivity contribution in [1.29, 1.82) is 0 Å². The summed E-state index contributed by atoms with van der Waals surface area (Å²) in [4.78, 5) is 29.1. The lowest BCUT2D eigenvalue weighted by Gasteiger charge is -2.32. The predicted molar refractivity (Wildman–Crippen MR) is 101 cm³/mol. The zero-order chi connectivity index (χ0) is 18.2. The number of ether oxygens (including phenoxy) is 1. The van der Waals surface area contributed by atoms with Gasteiger partial charge in [0.15, 0.2) is 6.10 Å². The molecule has 1 N–H and O–H groups in total. The highest BCUT2D eigenvalue weighted by atomic mass is 16.5. The first-order valence-electron chi connectivity index (χ1n) is 9.70. The van der Waals surface area contributed by atoms with E-state index in [0.717, 1.165) is 25.3 Å². The topological polar surface area (TPSA) is 61.9 Å². The fourth-order valence-electron chi connectivity index (χ4n) is 3.55. The van der Waals surface area contributed by atoms with E-state index in [9.17, 15) is 9.59 Å². The normalized spacial score (nSPS) is 21.8. The molecule has 142 valence electrons. The zero-order valence-electron chi connectivity index (χ0n) is 15.4. The molecule has 0 spiro atoms. The number of rotatable bonds is 5. The van der Waals surface area contributed by atoms with Gasteiger partial charge in [-0.25, -0.2) is 0 Å². The van der Waals surface area contributed by atoms with Gasteiger partial charge in [0.1, 0.15) is 0 Å². The van der Waals surface area contributed by atoms with Crippen LogP contribution in [0.25, 0.3) is 0 Å². The minimum absolute atomic E-state index is 0.120. The quantitative estimate of drug-likeness (QED) is 0.875. The van der Waals surface area contributed by atoms with Gasteiger partial charge >= 0.3 is 0 Å². The zero-order valence-corrected chi connectivity index (χ0v) is 15.4. The Hall–Kier alpha value is -1.92. The number of nitrogens with zero attached hydrogens (tertiary/aromatic N) is 2. The Morgan fingerprint density at radius 3 is 2.50 bits per heavy atom. The van der Waals surface area contributed by atoms with Crippen molar-refractivity contribution in [3.63, 3.8) is 0 Å². The molecule has 1 aromatic rings. The number of carbonyl (C=O) groups is 2. The summed E-state index contributed by atoms with van der Waals surface area (Å²) in [5.41, 5.74) is 0.741. The fraction of sp³-hybridized carbons (Fsp3) is 0.600. The third-order valence-corrected chi connectivity index (χ3v) is 5.09. The van der Waals surface area contributed by atoms with Crippen molar-refractivity contribution in [3.8, 4) is 0 Å². The van der Waals surface area contributed by atoms with Gasteiger partial charge in [-0.1, -0.05) is 31.0 Å². The van der Waals surface area contributed by atoms with E-state index in [4.69, 9.17) is 4.74 Å². The van der Waals surface area contributed by atoms with E-state index < -0.39 is 6.10 Å². The van der Waals surface area contributed by atoms with Gasteiger partial charge in [0, 0.05) is 25.2 Å². The lowest BCUT2D eigenvalue weighted by atomic mass is 10.2. The molecule has 26 heavy (non-hydrogen) atoms. The lowest BCUT2D eigenvalue weighted by Crippen LogP contribution is -2.50. The molecule has 0 radical (unpaired) electrons. The van der Waals surface area contributed by atoms with Crippen molar-refractivity contribution >= 4 is 17.5 Å². The van der Waals surface area contributed by atoms with Gasteiger partial charge in [-0.15, -0.1) is 0 Å². The molecule has 0 bridgehead atoms. The van der Waals surface area contributed by atoms with E-state index >= 15 is 0 Å². The van der Waals surface area contributed by atoms with Crippen molar-refractivity contribution in [3.05, 3.63) is 30.3 Å². The first-order valence-corrected chi connectivity index (χ1v) is 9.70. The Morgan fingerprint density at radius 2 is 1.77 bits per heavy atom. The molecule has 6 nitrogen and oxygen atoms in total. The van der Waals surface area contributed by atoms with Crippen LogP contribution in [0.1, 0.15) is 32.1 Å². The van der Waals surface area contributed by atoms with Crippen LogP contribution < -0.4 is 5.32 Å². The first-order chi connectivity index (χ1) is 12.7. The first kappa shape index (κ1) is 18.9. The molecule has 0 aliphatic carbocycles. The van der Waals surface area contributed by atoms with Crippen LogP contribution in [-0.2, 0) is 14.3 Å². The van der Waals surface area contributed by atoms with E-state index in [2.05, 4.69) is 10.2 Å². The molecule has 2 aliphatic heterocycles. The number of hydrogen-bond acceptors (Lipinski definition) is 4. The molecular formula is C20H29N3O3. The number of carbonyl (C=O) groups excluding carboxylic acids is 2. The second-order valence-electron chi connectivity index (χ2n) is 7.06. The highest BCUT2D eigenvalue weighted by Crippen LogP contribution is 2.13.